The molecule has 2 N–H and O–H groups in total. The standard InChI is InChI=1S/C11H9N3O6/c1-2-20-11(16)9-10(15)12-8-6(13(9)17)4-3-5-7(8)14(18)19/h3-5H,2H2,1H3,(H-,12,15,16,17)/p+1. The van der Waals surface area contributed by atoms with Crippen molar-refractivity contribution in [2.75, 3.05) is 6.61 Å². The van der Waals surface area contributed by atoms with Crippen LogP contribution in [0.25, 0.3) is 11.0 Å². The highest BCUT2D eigenvalue weighted by Gasteiger charge is 2.32. The highest BCUT2D eigenvalue weighted by atomic mass is 16.6. The van der Waals surface area contributed by atoms with Gasteiger partial charge in [-0.2, -0.15) is 0 Å². The number of nitro benzene ring substituents is 1. The first-order valence-electron chi connectivity index (χ1n) is 5.59. The van der Waals surface area contributed by atoms with Gasteiger partial charge in [-0.25, -0.2) is 4.79 Å². The van der Waals surface area contributed by atoms with Gasteiger partial charge in [-0.3, -0.25) is 10.1 Å². The predicted octanol–water partition coefficient (Wildman–Crippen LogP) is 0.873. The van der Waals surface area contributed by atoms with Gasteiger partial charge in [0, 0.05) is 17.0 Å². The monoisotopic (exact) mass is 280 g/mol. The number of aromatic nitrogens is 2. The van der Waals surface area contributed by atoms with E-state index in [0.29, 0.717) is 0 Å². The lowest BCUT2D eigenvalue weighted by Crippen LogP contribution is -2.28. The molecule has 104 valence electrons. The van der Waals surface area contributed by atoms with E-state index in [1.54, 1.807) is 6.92 Å². The molecule has 0 bridgehead atoms. The normalized spacial score (nSPS) is 10.4. The molecule has 0 aliphatic carbocycles. The Morgan fingerprint density at radius 3 is 2.85 bits per heavy atom. The number of aromatic amines is 1. The number of fused-ring (bicyclic) bond motifs is 1. The van der Waals surface area contributed by atoms with Gasteiger partial charge in [-0.1, -0.05) is 0 Å². The molecule has 1 aromatic carbocycles. The average molecular weight is 280 g/mol. The van der Waals surface area contributed by atoms with Gasteiger partial charge < -0.3 is 14.8 Å². The maximum atomic E-state index is 12.1. The van der Waals surface area contributed by atoms with Gasteiger partial charge in [-0.15, -0.1) is 0 Å². The smallest absolute Gasteiger partial charge is 0.414 e. The predicted molar refractivity (Wildman–Crippen MR) is 65.9 cm³/mol. The molecule has 20 heavy (non-hydrogen) atoms. The van der Waals surface area contributed by atoms with Crippen LogP contribution in [0.1, 0.15) is 17.4 Å². The lowest BCUT2D eigenvalue weighted by Gasteiger charge is -2.00. The van der Waals surface area contributed by atoms with E-state index < -0.39 is 28.2 Å². The summed E-state index contributed by atoms with van der Waals surface area (Å²) < 4.78 is 4.75. The third kappa shape index (κ3) is 2.05. The summed E-state index contributed by atoms with van der Waals surface area (Å²) in [4.78, 5) is 36.1. The number of ether oxygens (including phenoxy) is 1. The molecule has 0 atom stereocenters. The summed E-state index contributed by atoms with van der Waals surface area (Å²) in [5, 5.41) is 20.6. The summed E-state index contributed by atoms with van der Waals surface area (Å²) in [6.45, 7) is 1.56. The fourth-order valence-electron chi connectivity index (χ4n) is 1.75. The first-order valence-corrected chi connectivity index (χ1v) is 5.59. The van der Waals surface area contributed by atoms with Gasteiger partial charge >= 0.3 is 11.7 Å². The number of carbonyl (C=O) groups is 1. The van der Waals surface area contributed by atoms with E-state index in [1.807, 2.05) is 0 Å². The summed E-state index contributed by atoms with van der Waals surface area (Å²) in [6, 6.07) is 3.75. The second-order valence-corrected chi connectivity index (χ2v) is 3.77. The number of rotatable bonds is 3. The SMILES string of the molecule is CCOC(=O)c1c(O)[nH]c2c([N+](=O)[O-])cccc2[n+]1=O. The summed E-state index contributed by atoms with van der Waals surface area (Å²) in [5.74, 6) is -1.81. The molecule has 9 heteroatoms. The zero-order valence-corrected chi connectivity index (χ0v) is 10.3. The van der Waals surface area contributed by atoms with Crippen molar-refractivity contribution in [2.24, 2.45) is 0 Å². The molecule has 2 rings (SSSR count). The number of hydrogen-bond acceptors (Lipinski definition) is 6. The van der Waals surface area contributed by atoms with E-state index in [0.717, 1.165) is 0 Å². The number of hydrogen-bond donors (Lipinski definition) is 2. The first-order chi connectivity index (χ1) is 9.47. The van der Waals surface area contributed by atoms with Crippen molar-refractivity contribution in [3.63, 3.8) is 0 Å². The van der Waals surface area contributed by atoms with Crippen LogP contribution in [0, 0.1) is 15.0 Å². The molecule has 1 heterocycles. The van der Waals surface area contributed by atoms with Crippen molar-refractivity contribution in [1.82, 2.24) is 4.98 Å². The number of esters is 1. The summed E-state index contributed by atoms with van der Waals surface area (Å²) in [7, 11) is 0. The van der Waals surface area contributed by atoms with Gasteiger partial charge in [0.15, 0.2) is 5.52 Å². The van der Waals surface area contributed by atoms with E-state index >= 15 is 0 Å². The molecule has 0 amide bonds. The minimum absolute atomic E-state index is 0.0191. The quantitative estimate of drug-likeness (QED) is 0.371. The Morgan fingerprint density at radius 1 is 1.55 bits per heavy atom. The van der Waals surface area contributed by atoms with Crippen molar-refractivity contribution in [2.45, 2.75) is 6.92 Å². The number of nitro groups is 1. The fourth-order valence-corrected chi connectivity index (χ4v) is 1.75. The van der Waals surface area contributed by atoms with Crippen LogP contribution in [-0.2, 0) is 4.74 Å². The summed E-state index contributed by atoms with van der Waals surface area (Å²) in [6.07, 6.45) is 0. The van der Waals surface area contributed by atoms with Crippen LogP contribution < -0.4 is 4.43 Å². The Hall–Kier alpha value is -2.97. The lowest BCUT2D eigenvalue weighted by atomic mass is 10.2. The van der Waals surface area contributed by atoms with Gasteiger partial charge in [0.05, 0.1) is 16.0 Å². The molecule has 0 fully saturated rings. The summed E-state index contributed by atoms with van der Waals surface area (Å²) in [5.41, 5.74) is -1.38. The second-order valence-electron chi connectivity index (χ2n) is 3.77. The molecule has 0 unspecified atom stereocenters. The van der Waals surface area contributed by atoms with Crippen LogP contribution in [0.4, 0.5) is 5.69 Å². The molecule has 9 nitrogen and oxygen atoms in total. The molecule has 0 saturated carbocycles. The number of carbonyl (C=O) groups excluding carboxylic acids is 1. The molecule has 0 radical (unpaired) electrons. The third-order valence-electron chi connectivity index (χ3n) is 2.58. The molecule has 1 aromatic heterocycles. The van der Waals surface area contributed by atoms with Crippen LogP contribution >= 0.6 is 0 Å². The highest BCUT2D eigenvalue weighted by molar-refractivity contribution is 5.90. The molecule has 0 aliphatic rings. The highest BCUT2D eigenvalue weighted by Crippen LogP contribution is 2.24. The maximum absolute atomic E-state index is 12.1. The van der Waals surface area contributed by atoms with Crippen molar-refractivity contribution in [1.29, 1.82) is 0 Å². The second kappa shape index (κ2) is 4.96. The first kappa shape index (κ1) is 13.5. The molecular weight excluding hydrogens is 270 g/mol. The Labute approximate surface area is 111 Å². The number of aromatic hydroxyl groups is 1. The zero-order valence-electron chi connectivity index (χ0n) is 10.3. The molecule has 0 aliphatic heterocycles. The van der Waals surface area contributed by atoms with Crippen LogP contribution in [0.2, 0.25) is 0 Å². The van der Waals surface area contributed by atoms with Gasteiger partial charge in [0.1, 0.15) is 0 Å². The van der Waals surface area contributed by atoms with E-state index in [2.05, 4.69) is 9.72 Å². The minimum Gasteiger partial charge on any atom is -0.490 e. The Bertz CT molecular complexity index is 767. The Kier molecular flexibility index (Phi) is 3.34. The fraction of sp³-hybridized carbons (Fsp3) is 0.182. The number of non-ortho nitro benzene ring substituents is 1. The third-order valence-corrected chi connectivity index (χ3v) is 2.58. The topological polar surface area (TPSA) is 128 Å². The summed E-state index contributed by atoms with van der Waals surface area (Å²) >= 11 is 0. The van der Waals surface area contributed by atoms with E-state index in [1.165, 1.54) is 18.2 Å². The van der Waals surface area contributed by atoms with Crippen molar-refractivity contribution in [3.8, 4) is 5.88 Å². The molecule has 2 aromatic rings. The number of benzene rings is 1. The van der Waals surface area contributed by atoms with Crippen molar-refractivity contribution >= 4 is 22.7 Å². The van der Waals surface area contributed by atoms with Crippen LogP contribution in [-0.4, -0.2) is 27.6 Å². The lowest BCUT2D eigenvalue weighted by molar-refractivity contribution is -0.470. The zero-order chi connectivity index (χ0) is 14.9. The van der Waals surface area contributed by atoms with E-state index in [4.69, 9.17) is 0 Å². The number of nitrogens with zero attached hydrogens (tertiary/aromatic N) is 2. The molecule has 0 saturated heterocycles. The molecular formula is C11H10N3O6+. The van der Waals surface area contributed by atoms with Crippen LogP contribution in [0.3, 0.4) is 0 Å². The van der Waals surface area contributed by atoms with Gasteiger partial charge in [-0.05, 0) is 13.0 Å². The van der Waals surface area contributed by atoms with E-state index in [-0.39, 0.29) is 22.1 Å². The van der Waals surface area contributed by atoms with Crippen molar-refractivity contribution < 1.29 is 24.0 Å². The van der Waals surface area contributed by atoms with Crippen LogP contribution in [0.15, 0.2) is 18.2 Å². The minimum atomic E-state index is -1.02. The van der Waals surface area contributed by atoms with Gasteiger partial charge in [0.25, 0.3) is 17.1 Å². The van der Waals surface area contributed by atoms with Gasteiger partial charge in [0.2, 0.25) is 0 Å². The Balaban J connectivity index is 2.81. The average Bonchev–Trinajstić information content (AvgIpc) is 2.38. The number of H-pyrrole nitrogens is 1. The Morgan fingerprint density at radius 2 is 2.25 bits per heavy atom. The van der Waals surface area contributed by atoms with E-state index in [9.17, 15) is 24.9 Å². The number of nitrogens with one attached hydrogen (secondary N) is 1. The molecule has 0 spiro atoms. The number of para-hydroxylation sites is 1. The van der Waals surface area contributed by atoms with Crippen molar-refractivity contribution in [3.05, 3.63) is 38.9 Å². The van der Waals surface area contributed by atoms with Crippen LogP contribution in [0.5, 0.6) is 5.88 Å². The maximum Gasteiger partial charge on any atom is 0.414 e. The largest absolute Gasteiger partial charge is 0.490 e.